The number of anilines is 2. The van der Waals surface area contributed by atoms with Gasteiger partial charge in [0.15, 0.2) is 5.16 Å². The van der Waals surface area contributed by atoms with E-state index in [1.165, 1.54) is 34.8 Å². The lowest BCUT2D eigenvalue weighted by Gasteiger charge is -2.18. The van der Waals surface area contributed by atoms with E-state index >= 15 is 0 Å². The van der Waals surface area contributed by atoms with Crippen LogP contribution in [0.1, 0.15) is 53.0 Å². The van der Waals surface area contributed by atoms with Gasteiger partial charge >= 0.3 is 5.97 Å². The Balaban J connectivity index is 1.92. The molecule has 2 heterocycles. The third-order valence-electron chi connectivity index (χ3n) is 4.76. The molecule has 154 valence electrons. The van der Waals surface area contributed by atoms with Crippen molar-refractivity contribution in [1.29, 1.82) is 5.26 Å². The molecule has 0 fully saturated rings. The SMILES string of the molecule is CCC(C(=O)Nc1sc2c(c1C(=O)OC)CCCC2)n1c(N)nnc1SCC#N. The smallest absolute Gasteiger partial charge is 0.341 e. The summed E-state index contributed by atoms with van der Waals surface area (Å²) in [6.07, 6.45) is 4.21. The first-order valence-electron chi connectivity index (χ1n) is 9.25. The summed E-state index contributed by atoms with van der Waals surface area (Å²) in [6.45, 7) is 1.85. The second kappa shape index (κ2) is 9.28. The molecule has 3 N–H and O–H groups in total. The molecular weight excluding hydrogens is 412 g/mol. The van der Waals surface area contributed by atoms with Crippen LogP contribution in [0.15, 0.2) is 5.16 Å². The summed E-state index contributed by atoms with van der Waals surface area (Å²) in [5.74, 6) is -0.491. The Morgan fingerprint density at radius 1 is 1.41 bits per heavy atom. The van der Waals surface area contributed by atoms with Gasteiger partial charge in [0.1, 0.15) is 11.0 Å². The minimum absolute atomic E-state index is 0.103. The molecule has 0 aliphatic heterocycles. The lowest BCUT2D eigenvalue weighted by molar-refractivity contribution is -0.119. The second-order valence-electron chi connectivity index (χ2n) is 6.48. The van der Waals surface area contributed by atoms with Gasteiger partial charge in [0.2, 0.25) is 11.9 Å². The van der Waals surface area contributed by atoms with E-state index in [0.29, 0.717) is 22.1 Å². The van der Waals surface area contributed by atoms with Gasteiger partial charge in [-0.05, 0) is 37.7 Å². The number of nitrogens with zero attached hydrogens (tertiary/aromatic N) is 4. The van der Waals surface area contributed by atoms with Gasteiger partial charge in [-0.25, -0.2) is 4.79 Å². The molecule has 1 unspecified atom stereocenters. The van der Waals surface area contributed by atoms with Crippen molar-refractivity contribution in [3.63, 3.8) is 0 Å². The molecule has 0 aromatic carbocycles. The average molecular weight is 435 g/mol. The van der Waals surface area contributed by atoms with Crippen molar-refractivity contribution in [3.05, 3.63) is 16.0 Å². The Labute approximate surface area is 176 Å². The van der Waals surface area contributed by atoms with E-state index in [1.807, 2.05) is 13.0 Å². The third kappa shape index (κ3) is 4.23. The molecule has 0 spiro atoms. The summed E-state index contributed by atoms with van der Waals surface area (Å²) in [5.41, 5.74) is 7.37. The van der Waals surface area contributed by atoms with Crippen LogP contribution in [0.25, 0.3) is 0 Å². The molecule has 0 bridgehead atoms. The highest BCUT2D eigenvalue weighted by atomic mass is 32.2. The third-order valence-corrected chi connectivity index (χ3v) is 6.77. The molecular formula is C18H22N6O3S2. The highest BCUT2D eigenvalue weighted by Gasteiger charge is 2.30. The zero-order valence-electron chi connectivity index (χ0n) is 16.2. The summed E-state index contributed by atoms with van der Waals surface area (Å²) in [5, 5.41) is 20.5. The molecule has 2 aromatic heterocycles. The second-order valence-corrected chi connectivity index (χ2v) is 8.53. The maximum absolute atomic E-state index is 13.1. The van der Waals surface area contributed by atoms with Gasteiger partial charge in [-0.2, -0.15) is 5.26 Å². The number of carbonyl (C=O) groups excluding carboxylic acids is 2. The number of thioether (sulfide) groups is 1. The van der Waals surface area contributed by atoms with Crippen LogP contribution in [-0.4, -0.2) is 39.5 Å². The zero-order valence-corrected chi connectivity index (χ0v) is 17.9. The first-order chi connectivity index (χ1) is 14.0. The molecule has 3 rings (SSSR count). The Kier molecular flexibility index (Phi) is 6.76. The fraction of sp³-hybridized carbons (Fsp3) is 0.500. The number of esters is 1. The standard InChI is InChI=1S/C18H22N6O3S2/c1-3-11(24-17(20)22-23-18(24)28-9-8-19)14(25)21-15-13(16(26)27-2)10-6-4-5-7-12(10)29-15/h11H,3-7,9H2,1-2H3,(H2,20,22)(H,21,25). The zero-order chi connectivity index (χ0) is 21.0. The van der Waals surface area contributed by atoms with Gasteiger partial charge in [-0.1, -0.05) is 18.7 Å². The molecule has 1 aliphatic carbocycles. The van der Waals surface area contributed by atoms with Crippen molar-refractivity contribution in [2.24, 2.45) is 0 Å². The summed E-state index contributed by atoms with van der Waals surface area (Å²) in [7, 11) is 1.34. The van der Waals surface area contributed by atoms with E-state index in [-0.39, 0.29) is 17.6 Å². The Hall–Kier alpha value is -2.58. The topological polar surface area (TPSA) is 136 Å². The Morgan fingerprint density at radius 3 is 2.86 bits per heavy atom. The van der Waals surface area contributed by atoms with Crippen molar-refractivity contribution in [1.82, 2.24) is 14.8 Å². The molecule has 1 aliphatic rings. The van der Waals surface area contributed by atoms with Crippen LogP contribution >= 0.6 is 23.1 Å². The van der Waals surface area contributed by atoms with E-state index in [9.17, 15) is 9.59 Å². The number of methoxy groups -OCH3 is 1. The number of carbonyl (C=O) groups is 2. The first kappa shape index (κ1) is 21.1. The largest absolute Gasteiger partial charge is 0.465 e. The maximum Gasteiger partial charge on any atom is 0.341 e. The number of aromatic nitrogens is 3. The molecule has 11 heteroatoms. The van der Waals surface area contributed by atoms with Crippen LogP contribution in [0, 0.1) is 11.3 Å². The van der Waals surface area contributed by atoms with Crippen LogP contribution in [0.3, 0.4) is 0 Å². The summed E-state index contributed by atoms with van der Waals surface area (Å²) >= 11 is 2.59. The molecule has 0 radical (unpaired) electrons. The monoisotopic (exact) mass is 434 g/mol. The molecule has 1 atom stereocenters. The Bertz CT molecular complexity index is 962. The number of fused-ring (bicyclic) bond motifs is 1. The number of amides is 1. The number of nitrogen functional groups attached to an aromatic ring is 1. The van der Waals surface area contributed by atoms with E-state index in [1.54, 1.807) is 0 Å². The fourth-order valence-corrected chi connectivity index (χ4v) is 5.36. The van der Waals surface area contributed by atoms with E-state index in [0.717, 1.165) is 36.1 Å². The number of nitrogens with one attached hydrogen (secondary N) is 1. The number of hydrogen-bond donors (Lipinski definition) is 2. The van der Waals surface area contributed by atoms with Crippen molar-refractivity contribution in [2.45, 2.75) is 50.2 Å². The molecule has 9 nitrogen and oxygen atoms in total. The summed E-state index contributed by atoms with van der Waals surface area (Å²) < 4.78 is 6.49. The summed E-state index contributed by atoms with van der Waals surface area (Å²) in [6, 6.07) is 1.35. The van der Waals surface area contributed by atoms with E-state index < -0.39 is 12.0 Å². The van der Waals surface area contributed by atoms with Crippen LogP contribution in [-0.2, 0) is 22.4 Å². The summed E-state index contributed by atoms with van der Waals surface area (Å²) in [4.78, 5) is 26.7. The minimum atomic E-state index is -0.671. The van der Waals surface area contributed by atoms with Crippen molar-refractivity contribution in [2.75, 3.05) is 23.9 Å². The van der Waals surface area contributed by atoms with E-state index in [4.69, 9.17) is 15.7 Å². The first-order valence-corrected chi connectivity index (χ1v) is 11.1. The number of hydrogen-bond acceptors (Lipinski definition) is 9. The van der Waals surface area contributed by atoms with E-state index in [2.05, 4.69) is 15.5 Å². The molecule has 1 amide bonds. The van der Waals surface area contributed by atoms with Gasteiger partial charge in [0.25, 0.3) is 0 Å². The molecule has 2 aromatic rings. The number of nitrogens with two attached hydrogens (primary N) is 1. The molecule has 0 saturated heterocycles. The Morgan fingerprint density at radius 2 is 2.17 bits per heavy atom. The predicted octanol–water partition coefficient (Wildman–Crippen LogP) is 2.79. The number of nitriles is 1. The minimum Gasteiger partial charge on any atom is -0.465 e. The van der Waals surface area contributed by atoms with Crippen LogP contribution in [0.5, 0.6) is 0 Å². The van der Waals surface area contributed by atoms with Gasteiger partial charge in [-0.3, -0.25) is 9.36 Å². The van der Waals surface area contributed by atoms with Crippen LogP contribution < -0.4 is 11.1 Å². The van der Waals surface area contributed by atoms with Crippen molar-refractivity contribution >= 4 is 45.9 Å². The quantitative estimate of drug-likeness (QED) is 0.501. The van der Waals surface area contributed by atoms with Crippen molar-refractivity contribution in [3.8, 4) is 6.07 Å². The highest BCUT2D eigenvalue weighted by molar-refractivity contribution is 7.99. The van der Waals surface area contributed by atoms with Crippen LogP contribution in [0.4, 0.5) is 10.9 Å². The highest BCUT2D eigenvalue weighted by Crippen LogP contribution is 2.39. The normalized spacial score (nSPS) is 14.0. The van der Waals surface area contributed by atoms with Gasteiger partial charge in [0, 0.05) is 4.88 Å². The lowest BCUT2D eigenvalue weighted by atomic mass is 9.95. The fourth-order valence-electron chi connectivity index (χ4n) is 3.43. The number of aryl methyl sites for hydroxylation is 1. The molecule has 0 saturated carbocycles. The lowest BCUT2D eigenvalue weighted by Crippen LogP contribution is -2.27. The predicted molar refractivity (Wildman–Crippen MR) is 111 cm³/mol. The average Bonchev–Trinajstić information content (AvgIpc) is 3.27. The molecule has 29 heavy (non-hydrogen) atoms. The van der Waals surface area contributed by atoms with Crippen LogP contribution in [0.2, 0.25) is 0 Å². The number of thiophene rings is 1. The van der Waals surface area contributed by atoms with Gasteiger partial charge in [0.05, 0.1) is 24.5 Å². The number of rotatable bonds is 7. The maximum atomic E-state index is 13.1. The van der Waals surface area contributed by atoms with Gasteiger partial charge < -0.3 is 15.8 Å². The number of ether oxygens (including phenoxy) is 1. The van der Waals surface area contributed by atoms with Gasteiger partial charge in [-0.15, -0.1) is 21.5 Å². The van der Waals surface area contributed by atoms with Crippen molar-refractivity contribution < 1.29 is 14.3 Å².